The number of H-pyrrole nitrogens is 1. The highest BCUT2D eigenvalue weighted by atomic mass is 16.2. The van der Waals surface area contributed by atoms with Crippen molar-refractivity contribution >= 4 is 22.7 Å². The third kappa shape index (κ3) is 1.22. The maximum atomic E-state index is 11.2. The van der Waals surface area contributed by atoms with Crippen LogP contribution in [-0.4, -0.2) is 27.1 Å². The third-order valence-electron chi connectivity index (χ3n) is 1.80. The van der Waals surface area contributed by atoms with E-state index in [1.54, 1.807) is 6.07 Å². The lowest BCUT2D eigenvalue weighted by Crippen LogP contribution is -2.22. The number of aromatic nitrogens is 3. The van der Waals surface area contributed by atoms with Gasteiger partial charge in [-0.05, 0) is 18.2 Å². The summed E-state index contributed by atoms with van der Waals surface area (Å²) in [5.41, 5.74) is 6.23. The summed E-state index contributed by atoms with van der Waals surface area (Å²) in [6.45, 7) is 0. The number of carbonyl (C=O) groups is 2. The maximum Gasteiger partial charge on any atom is 0.289 e. The van der Waals surface area contributed by atoms with Crippen molar-refractivity contribution in [2.45, 2.75) is 0 Å². The molecular formula is C8H6N4O2. The first-order chi connectivity index (χ1) is 6.68. The van der Waals surface area contributed by atoms with Crippen molar-refractivity contribution in [3.63, 3.8) is 0 Å². The Hall–Kier alpha value is -2.24. The molecule has 0 aliphatic carbocycles. The molecule has 0 atom stereocenters. The standard InChI is InChI=1S/C8H6N4O2/c9-8(14)7(13)4-1-2-5-6(3-4)11-12-10-5/h1-3H,(H2,9,14)(H,10,11,12). The average molecular weight is 190 g/mol. The second-order valence-corrected chi connectivity index (χ2v) is 2.72. The SMILES string of the molecule is NC(=O)C(=O)c1ccc2n[nH]nc2c1. The van der Waals surface area contributed by atoms with E-state index in [0.717, 1.165) is 0 Å². The van der Waals surface area contributed by atoms with Gasteiger partial charge in [0.05, 0.1) is 0 Å². The Labute approximate surface area is 78.1 Å². The molecule has 6 nitrogen and oxygen atoms in total. The van der Waals surface area contributed by atoms with E-state index >= 15 is 0 Å². The second-order valence-electron chi connectivity index (χ2n) is 2.72. The van der Waals surface area contributed by atoms with E-state index in [1.807, 2.05) is 0 Å². The number of benzene rings is 1. The molecular weight excluding hydrogens is 184 g/mol. The molecule has 0 bridgehead atoms. The summed E-state index contributed by atoms with van der Waals surface area (Å²) in [6.07, 6.45) is 0. The molecule has 1 heterocycles. The normalized spacial score (nSPS) is 10.3. The van der Waals surface area contributed by atoms with Crippen LogP contribution >= 0.6 is 0 Å². The van der Waals surface area contributed by atoms with Crippen molar-refractivity contribution in [3.8, 4) is 0 Å². The number of aromatic amines is 1. The van der Waals surface area contributed by atoms with Gasteiger partial charge < -0.3 is 5.73 Å². The van der Waals surface area contributed by atoms with Gasteiger partial charge >= 0.3 is 0 Å². The van der Waals surface area contributed by atoms with Gasteiger partial charge in [0.15, 0.2) is 0 Å². The Morgan fingerprint density at radius 3 is 2.64 bits per heavy atom. The van der Waals surface area contributed by atoms with Crippen LogP contribution < -0.4 is 5.73 Å². The molecule has 3 N–H and O–H groups in total. The van der Waals surface area contributed by atoms with Gasteiger partial charge in [0.1, 0.15) is 11.0 Å². The largest absolute Gasteiger partial charge is 0.363 e. The fourth-order valence-electron chi connectivity index (χ4n) is 1.12. The average Bonchev–Trinajstić information content (AvgIpc) is 2.62. The summed E-state index contributed by atoms with van der Waals surface area (Å²) < 4.78 is 0. The van der Waals surface area contributed by atoms with Crippen LogP contribution in [0.25, 0.3) is 11.0 Å². The Kier molecular flexibility index (Phi) is 1.74. The van der Waals surface area contributed by atoms with Crippen molar-refractivity contribution in [1.29, 1.82) is 0 Å². The minimum atomic E-state index is -0.979. The number of amides is 1. The zero-order valence-electron chi connectivity index (χ0n) is 7.02. The van der Waals surface area contributed by atoms with E-state index in [9.17, 15) is 9.59 Å². The number of primary amides is 1. The van der Waals surface area contributed by atoms with E-state index in [4.69, 9.17) is 5.73 Å². The van der Waals surface area contributed by atoms with E-state index < -0.39 is 11.7 Å². The number of ketones is 1. The zero-order chi connectivity index (χ0) is 10.1. The second kappa shape index (κ2) is 2.91. The Bertz CT molecular complexity index is 517. The van der Waals surface area contributed by atoms with Crippen molar-refractivity contribution in [3.05, 3.63) is 23.8 Å². The Morgan fingerprint density at radius 2 is 1.93 bits per heavy atom. The number of hydrogen-bond donors (Lipinski definition) is 2. The van der Waals surface area contributed by atoms with Crippen LogP contribution in [0.2, 0.25) is 0 Å². The molecule has 0 unspecified atom stereocenters. The van der Waals surface area contributed by atoms with E-state index in [1.165, 1.54) is 12.1 Å². The molecule has 1 aromatic heterocycles. The molecule has 1 aromatic carbocycles. The summed E-state index contributed by atoms with van der Waals surface area (Å²) in [4.78, 5) is 21.8. The number of fused-ring (bicyclic) bond motifs is 1. The van der Waals surface area contributed by atoms with Crippen molar-refractivity contribution in [2.24, 2.45) is 5.73 Å². The van der Waals surface area contributed by atoms with E-state index in [0.29, 0.717) is 11.0 Å². The molecule has 14 heavy (non-hydrogen) atoms. The first-order valence-corrected chi connectivity index (χ1v) is 3.83. The number of Topliss-reactive ketones (excluding diaryl/α,β-unsaturated/α-hetero) is 1. The summed E-state index contributed by atoms with van der Waals surface area (Å²) >= 11 is 0. The van der Waals surface area contributed by atoms with Crippen LogP contribution in [0.5, 0.6) is 0 Å². The molecule has 0 radical (unpaired) electrons. The van der Waals surface area contributed by atoms with Gasteiger partial charge in [-0.15, -0.1) is 0 Å². The maximum absolute atomic E-state index is 11.2. The summed E-state index contributed by atoms with van der Waals surface area (Å²) in [6, 6.07) is 4.54. The molecule has 0 fully saturated rings. The molecule has 1 amide bonds. The van der Waals surface area contributed by atoms with Crippen molar-refractivity contribution < 1.29 is 9.59 Å². The number of rotatable bonds is 2. The minimum Gasteiger partial charge on any atom is -0.363 e. The highest BCUT2D eigenvalue weighted by Crippen LogP contribution is 2.10. The van der Waals surface area contributed by atoms with E-state index in [-0.39, 0.29) is 5.56 Å². The molecule has 0 aliphatic rings. The van der Waals surface area contributed by atoms with Crippen LogP contribution in [0, 0.1) is 0 Å². The van der Waals surface area contributed by atoms with Crippen molar-refractivity contribution in [2.75, 3.05) is 0 Å². The van der Waals surface area contributed by atoms with Crippen LogP contribution in [-0.2, 0) is 4.79 Å². The topological polar surface area (TPSA) is 102 Å². The van der Waals surface area contributed by atoms with Gasteiger partial charge in [0.25, 0.3) is 5.91 Å². The van der Waals surface area contributed by atoms with Crippen molar-refractivity contribution in [1.82, 2.24) is 15.4 Å². The number of hydrogen-bond acceptors (Lipinski definition) is 4. The van der Waals surface area contributed by atoms with Gasteiger partial charge in [-0.1, -0.05) is 0 Å². The number of nitrogens with zero attached hydrogens (tertiary/aromatic N) is 2. The molecule has 0 spiro atoms. The quantitative estimate of drug-likeness (QED) is 0.498. The highest BCUT2D eigenvalue weighted by Gasteiger charge is 2.13. The lowest BCUT2D eigenvalue weighted by molar-refractivity contribution is -0.114. The third-order valence-corrected chi connectivity index (χ3v) is 1.80. The predicted octanol–water partition coefficient (Wildman–Crippen LogP) is -0.374. The molecule has 0 saturated carbocycles. The Balaban J connectivity index is 2.54. The van der Waals surface area contributed by atoms with Gasteiger partial charge in [-0.25, -0.2) is 0 Å². The van der Waals surface area contributed by atoms with Gasteiger partial charge in [0, 0.05) is 5.56 Å². The minimum absolute atomic E-state index is 0.221. The molecule has 6 heteroatoms. The smallest absolute Gasteiger partial charge is 0.289 e. The first kappa shape index (κ1) is 8.36. The Morgan fingerprint density at radius 1 is 1.21 bits per heavy atom. The summed E-state index contributed by atoms with van der Waals surface area (Å²) in [5.74, 6) is -1.71. The number of nitrogens with two attached hydrogens (primary N) is 1. The first-order valence-electron chi connectivity index (χ1n) is 3.83. The van der Waals surface area contributed by atoms with Gasteiger partial charge in [-0.3, -0.25) is 9.59 Å². The molecule has 2 rings (SSSR count). The number of nitrogens with one attached hydrogen (secondary N) is 1. The van der Waals surface area contributed by atoms with Crippen LogP contribution in [0.4, 0.5) is 0 Å². The van der Waals surface area contributed by atoms with Gasteiger partial charge in [-0.2, -0.15) is 15.4 Å². The fourth-order valence-corrected chi connectivity index (χ4v) is 1.12. The highest BCUT2D eigenvalue weighted by molar-refractivity contribution is 6.42. The molecule has 0 aliphatic heterocycles. The summed E-state index contributed by atoms with van der Waals surface area (Å²) in [5, 5.41) is 9.99. The zero-order valence-corrected chi connectivity index (χ0v) is 7.02. The number of carbonyl (C=O) groups excluding carboxylic acids is 2. The molecule has 2 aromatic rings. The lowest BCUT2D eigenvalue weighted by Gasteiger charge is -1.94. The monoisotopic (exact) mass is 190 g/mol. The predicted molar refractivity (Wildman–Crippen MR) is 47.4 cm³/mol. The molecule has 70 valence electrons. The lowest BCUT2D eigenvalue weighted by atomic mass is 10.1. The van der Waals surface area contributed by atoms with E-state index in [2.05, 4.69) is 15.4 Å². The van der Waals surface area contributed by atoms with Gasteiger partial charge in [0.2, 0.25) is 5.78 Å². The van der Waals surface area contributed by atoms with Crippen LogP contribution in [0.3, 0.4) is 0 Å². The van der Waals surface area contributed by atoms with Crippen LogP contribution in [0.15, 0.2) is 18.2 Å². The van der Waals surface area contributed by atoms with Crippen LogP contribution in [0.1, 0.15) is 10.4 Å². The fraction of sp³-hybridized carbons (Fsp3) is 0. The summed E-state index contributed by atoms with van der Waals surface area (Å²) in [7, 11) is 0. The molecule has 0 saturated heterocycles.